The predicted molar refractivity (Wildman–Crippen MR) is 66.5 cm³/mol. The molecule has 2 N–H and O–H groups in total. The van der Waals surface area contributed by atoms with Crippen LogP contribution in [0.3, 0.4) is 0 Å². The van der Waals surface area contributed by atoms with Crippen LogP contribution in [0.1, 0.15) is 5.69 Å². The van der Waals surface area contributed by atoms with Crippen LogP contribution in [0.5, 0.6) is 6.01 Å². The van der Waals surface area contributed by atoms with E-state index in [-0.39, 0.29) is 6.01 Å². The smallest absolute Gasteiger partial charge is 0.322 e. The summed E-state index contributed by atoms with van der Waals surface area (Å²) in [5.41, 5.74) is 0.905. The Labute approximate surface area is 104 Å². The predicted octanol–water partition coefficient (Wildman–Crippen LogP) is 0.267. The summed E-state index contributed by atoms with van der Waals surface area (Å²) in [4.78, 5) is 12.3. The molecule has 0 aliphatic carbocycles. The molecule has 0 fully saturated rings. The molecule has 8 heteroatoms. The van der Waals surface area contributed by atoms with Crippen LogP contribution in [-0.4, -0.2) is 38.9 Å². The lowest BCUT2D eigenvalue weighted by Gasteiger charge is -2.06. The van der Waals surface area contributed by atoms with E-state index in [2.05, 4.69) is 30.7 Å². The highest BCUT2D eigenvalue weighted by Crippen LogP contribution is 2.10. The quantitative estimate of drug-likeness (QED) is 0.785. The van der Waals surface area contributed by atoms with Crippen molar-refractivity contribution in [3.05, 3.63) is 18.0 Å². The Morgan fingerprint density at radius 1 is 1.28 bits per heavy atom. The molecular formula is C10H15N7O. The molecule has 2 rings (SSSR count). The highest BCUT2D eigenvalue weighted by molar-refractivity contribution is 5.35. The van der Waals surface area contributed by atoms with Crippen molar-refractivity contribution in [1.82, 2.24) is 24.7 Å². The monoisotopic (exact) mass is 249 g/mol. The Hall–Kier alpha value is -2.38. The highest BCUT2D eigenvalue weighted by Gasteiger charge is 2.05. The van der Waals surface area contributed by atoms with E-state index in [1.807, 2.05) is 19.3 Å². The molecular weight excluding hydrogens is 234 g/mol. The number of anilines is 2. The first-order chi connectivity index (χ1) is 8.71. The molecule has 0 atom stereocenters. The fraction of sp³-hybridized carbons (Fsp3) is 0.400. The van der Waals surface area contributed by atoms with E-state index >= 15 is 0 Å². The highest BCUT2D eigenvalue weighted by atomic mass is 16.5. The van der Waals surface area contributed by atoms with Crippen molar-refractivity contribution < 1.29 is 4.74 Å². The number of methoxy groups -OCH3 is 1. The number of nitrogens with one attached hydrogen (secondary N) is 2. The fourth-order valence-corrected chi connectivity index (χ4v) is 1.37. The third-order valence-electron chi connectivity index (χ3n) is 2.22. The Balaban J connectivity index is 2.08. The summed E-state index contributed by atoms with van der Waals surface area (Å²) in [5.74, 6) is 0.891. The van der Waals surface area contributed by atoms with E-state index in [9.17, 15) is 0 Å². The molecule has 18 heavy (non-hydrogen) atoms. The van der Waals surface area contributed by atoms with Gasteiger partial charge in [-0.15, -0.1) is 0 Å². The normalized spacial score (nSPS) is 10.2. The molecule has 0 aliphatic rings. The average molecular weight is 249 g/mol. The first-order valence-electron chi connectivity index (χ1n) is 5.41. The molecule has 2 aromatic rings. The van der Waals surface area contributed by atoms with E-state index in [1.54, 1.807) is 11.7 Å². The number of aryl methyl sites for hydroxylation is 1. The maximum atomic E-state index is 4.99. The molecule has 0 unspecified atom stereocenters. The van der Waals surface area contributed by atoms with Gasteiger partial charge in [0.1, 0.15) is 0 Å². The molecule has 2 heterocycles. The Morgan fingerprint density at radius 3 is 2.67 bits per heavy atom. The Kier molecular flexibility index (Phi) is 3.56. The second kappa shape index (κ2) is 5.30. The molecule has 96 valence electrons. The van der Waals surface area contributed by atoms with Gasteiger partial charge < -0.3 is 15.4 Å². The van der Waals surface area contributed by atoms with Gasteiger partial charge in [0.2, 0.25) is 11.9 Å². The number of hydrogen-bond acceptors (Lipinski definition) is 7. The van der Waals surface area contributed by atoms with Crippen LogP contribution in [0.25, 0.3) is 0 Å². The summed E-state index contributed by atoms with van der Waals surface area (Å²) in [6.07, 6.45) is 1.88. The van der Waals surface area contributed by atoms with Crippen molar-refractivity contribution in [3.63, 3.8) is 0 Å². The third-order valence-corrected chi connectivity index (χ3v) is 2.22. The molecule has 0 radical (unpaired) electrons. The Bertz CT molecular complexity index is 502. The minimum atomic E-state index is 0.262. The van der Waals surface area contributed by atoms with Gasteiger partial charge in [0.25, 0.3) is 0 Å². The SMILES string of the molecule is CNc1nc(NCc2ccn(C)n2)nc(OC)n1. The molecule has 0 amide bonds. The van der Waals surface area contributed by atoms with Gasteiger partial charge in [0, 0.05) is 20.3 Å². The van der Waals surface area contributed by atoms with Crippen molar-refractivity contribution in [2.75, 3.05) is 24.8 Å². The largest absolute Gasteiger partial charge is 0.467 e. The van der Waals surface area contributed by atoms with Gasteiger partial charge in [0.15, 0.2) is 0 Å². The summed E-state index contributed by atoms with van der Waals surface area (Å²) >= 11 is 0. The van der Waals surface area contributed by atoms with E-state index < -0.39 is 0 Å². The van der Waals surface area contributed by atoms with Crippen molar-refractivity contribution in [2.45, 2.75) is 6.54 Å². The van der Waals surface area contributed by atoms with Crippen molar-refractivity contribution >= 4 is 11.9 Å². The first-order valence-corrected chi connectivity index (χ1v) is 5.41. The zero-order valence-electron chi connectivity index (χ0n) is 10.5. The number of aromatic nitrogens is 5. The molecule has 0 bridgehead atoms. The van der Waals surface area contributed by atoms with Gasteiger partial charge in [0.05, 0.1) is 19.3 Å². The van der Waals surface area contributed by atoms with Gasteiger partial charge in [-0.3, -0.25) is 4.68 Å². The molecule has 2 aromatic heterocycles. The second-order valence-corrected chi connectivity index (χ2v) is 3.55. The lowest BCUT2D eigenvalue weighted by atomic mass is 10.4. The zero-order chi connectivity index (χ0) is 13.0. The van der Waals surface area contributed by atoms with Crippen LogP contribution in [0.2, 0.25) is 0 Å². The Morgan fingerprint density at radius 2 is 2.06 bits per heavy atom. The number of rotatable bonds is 5. The number of hydrogen-bond donors (Lipinski definition) is 2. The average Bonchev–Trinajstić information content (AvgIpc) is 2.81. The van der Waals surface area contributed by atoms with Crippen LogP contribution in [0.15, 0.2) is 12.3 Å². The van der Waals surface area contributed by atoms with Crippen LogP contribution < -0.4 is 15.4 Å². The lowest BCUT2D eigenvalue weighted by molar-refractivity contribution is 0.379. The van der Waals surface area contributed by atoms with E-state index in [0.29, 0.717) is 18.4 Å². The van der Waals surface area contributed by atoms with Crippen molar-refractivity contribution in [2.24, 2.45) is 7.05 Å². The van der Waals surface area contributed by atoms with E-state index in [0.717, 1.165) is 5.69 Å². The third kappa shape index (κ3) is 2.84. The lowest BCUT2D eigenvalue weighted by Crippen LogP contribution is -2.08. The summed E-state index contributed by atoms with van der Waals surface area (Å²) in [6, 6.07) is 2.18. The van der Waals surface area contributed by atoms with Gasteiger partial charge in [-0.2, -0.15) is 20.1 Å². The molecule has 0 aromatic carbocycles. The van der Waals surface area contributed by atoms with Gasteiger partial charge in [-0.25, -0.2) is 0 Å². The van der Waals surface area contributed by atoms with Gasteiger partial charge in [-0.05, 0) is 6.07 Å². The second-order valence-electron chi connectivity index (χ2n) is 3.55. The maximum absolute atomic E-state index is 4.99. The van der Waals surface area contributed by atoms with Gasteiger partial charge >= 0.3 is 6.01 Å². The summed E-state index contributed by atoms with van der Waals surface area (Å²) in [7, 11) is 5.11. The summed E-state index contributed by atoms with van der Waals surface area (Å²) in [6.45, 7) is 0.539. The fourth-order valence-electron chi connectivity index (χ4n) is 1.37. The summed E-state index contributed by atoms with van der Waals surface area (Å²) in [5, 5.41) is 10.2. The molecule has 0 saturated carbocycles. The minimum Gasteiger partial charge on any atom is -0.467 e. The van der Waals surface area contributed by atoms with Gasteiger partial charge in [-0.1, -0.05) is 0 Å². The number of nitrogens with zero attached hydrogens (tertiary/aromatic N) is 5. The zero-order valence-corrected chi connectivity index (χ0v) is 10.5. The first kappa shape index (κ1) is 12.1. The number of ether oxygens (including phenoxy) is 1. The minimum absolute atomic E-state index is 0.262. The van der Waals surface area contributed by atoms with Crippen LogP contribution in [0.4, 0.5) is 11.9 Å². The molecule has 0 aliphatic heterocycles. The van der Waals surface area contributed by atoms with Crippen molar-refractivity contribution in [3.8, 4) is 6.01 Å². The molecule has 8 nitrogen and oxygen atoms in total. The summed E-state index contributed by atoms with van der Waals surface area (Å²) < 4.78 is 6.73. The van der Waals surface area contributed by atoms with Crippen molar-refractivity contribution in [1.29, 1.82) is 0 Å². The standard InChI is InChI=1S/C10H15N7O/c1-11-8-13-9(15-10(14-8)18-3)12-6-7-4-5-17(2)16-7/h4-5H,6H2,1-3H3,(H2,11,12,13,14,15). The van der Waals surface area contributed by atoms with Crippen LogP contribution in [0, 0.1) is 0 Å². The van der Waals surface area contributed by atoms with E-state index in [4.69, 9.17) is 4.74 Å². The maximum Gasteiger partial charge on any atom is 0.322 e. The molecule has 0 spiro atoms. The topological polar surface area (TPSA) is 89.8 Å². The van der Waals surface area contributed by atoms with Crippen LogP contribution in [-0.2, 0) is 13.6 Å². The van der Waals surface area contributed by atoms with Crippen LogP contribution >= 0.6 is 0 Å². The molecule has 0 saturated heterocycles. The van der Waals surface area contributed by atoms with E-state index in [1.165, 1.54) is 7.11 Å².